The average molecular weight is 508 g/mol. The van der Waals surface area contributed by atoms with Crippen molar-refractivity contribution in [3.63, 3.8) is 0 Å². The molecule has 33 heavy (non-hydrogen) atoms. The first-order valence-electron chi connectivity index (χ1n) is 11.0. The fraction of sp³-hybridized carbons (Fsp3) is 0.455. The van der Waals surface area contributed by atoms with Crippen LogP contribution in [-0.2, 0) is 10.0 Å². The first-order valence-corrected chi connectivity index (χ1v) is 13.7. The van der Waals surface area contributed by atoms with E-state index in [0.29, 0.717) is 29.0 Å². The van der Waals surface area contributed by atoms with Crippen molar-refractivity contribution < 1.29 is 13.2 Å². The molecule has 0 saturated carbocycles. The zero-order chi connectivity index (χ0) is 23.2. The van der Waals surface area contributed by atoms with Crippen LogP contribution < -0.4 is 0 Å². The highest BCUT2D eigenvalue weighted by Crippen LogP contribution is 2.31. The highest BCUT2D eigenvalue weighted by atomic mass is 35.5. The number of nitrogens with one attached hydrogen (secondary N) is 1. The van der Waals surface area contributed by atoms with Crippen LogP contribution in [0.3, 0.4) is 0 Å². The van der Waals surface area contributed by atoms with Crippen LogP contribution in [-0.4, -0.2) is 84.7 Å². The summed E-state index contributed by atoms with van der Waals surface area (Å²) in [6, 6.07) is 6.82. The molecule has 4 heterocycles. The summed E-state index contributed by atoms with van der Waals surface area (Å²) in [5.74, 6) is 0.309. The van der Waals surface area contributed by atoms with Crippen LogP contribution in [0.25, 0.3) is 10.9 Å². The van der Waals surface area contributed by atoms with E-state index in [4.69, 9.17) is 11.6 Å². The van der Waals surface area contributed by atoms with E-state index in [9.17, 15) is 13.2 Å². The van der Waals surface area contributed by atoms with Crippen LogP contribution in [0.4, 0.5) is 0 Å². The molecule has 2 fully saturated rings. The highest BCUT2D eigenvalue weighted by molar-refractivity contribution is 7.89. The molecule has 8 nitrogen and oxygen atoms in total. The van der Waals surface area contributed by atoms with Gasteiger partial charge in [0.25, 0.3) is 15.9 Å². The van der Waals surface area contributed by atoms with Gasteiger partial charge in [-0.25, -0.2) is 13.4 Å². The highest BCUT2D eigenvalue weighted by Gasteiger charge is 2.32. The number of rotatable bonds is 4. The second-order valence-electron chi connectivity index (χ2n) is 8.73. The molecule has 2 aliphatic rings. The molecule has 1 unspecified atom stereocenters. The van der Waals surface area contributed by atoms with Crippen LogP contribution >= 0.6 is 22.9 Å². The molecule has 2 aromatic heterocycles. The number of likely N-dealkylation sites (N-methyl/N-ethyl adjacent to an activating group) is 1. The molecule has 2 aliphatic heterocycles. The van der Waals surface area contributed by atoms with Crippen molar-refractivity contribution in [2.24, 2.45) is 0 Å². The van der Waals surface area contributed by atoms with Crippen LogP contribution in [0.2, 0.25) is 5.02 Å². The Morgan fingerprint density at radius 2 is 1.97 bits per heavy atom. The molecule has 11 heteroatoms. The van der Waals surface area contributed by atoms with Gasteiger partial charge in [-0.3, -0.25) is 4.79 Å². The molecule has 0 spiro atoms. The number of benzene rings is 1. The average Bonchev–Trinajstić information content (AvgIpc) is 3.46. The predicted octanol–water partition coefficient (Wildman–Crippen LogP) is 3.23. The fourth-order valence-corrected chi connectivity index (χ4v) is 7.22. The third-order valence-corrected chi connectivity index (χ3v) is 9.64. The summed E-state index contributed by atoms with van der Waals surface area (Å²) in [5.41, 5.74) is 0.718. The second-order valence-corrected chi connectivity index (χ2v) is 12.1. The van der Waals surface area contributed by atoms with Crippen LogP contribution in [0.5, 0.6) is 0 Å². The van der Waals surface area contributed by atoms with E-state index in [-0.39, 0.29) is 24.0 Å². The Bertz CT molecular complexity index is 1280. The van der Waals surface area contributed by atoms with Crippen molar-refractivity contribution in [3.05, 3.63) is 45.4 Å². The summed E-state index contributed by atoms with van der Waals surface area (Å²) >= 11 is 7.49. The molecule has 1 atom stereocenters. The Kier molecular flexibility index (Phi) is 6.21. The van der Waals surface area contributed by atoms with Crippen molar-refractivity contribution in [2.45, 2.75) is 23.8 Å². The number of aromatic amines is 1. The molecule has 1 aromatic carbocycles. The number of likely N-dealkylation sites (tertiary alicyclic amines) is 1. The smallest absolute Gasteiger partial charge is 0.282 e. The van der Waals surface area contributed by atoms with Crippen LogP contribution in [0.1, 0.15) is 33.4 Å². The lowest BCUT2D eigenvalue weighted by Gasteiger charge is -2.33. The maximum absolute atomic E-state index is 13.1. The molecule has 0 aliphatic carbocycles. The number of hydrogen-bond acceptors (Lipinski definition) is 6. The van der Waals surface area contributed by atoms with Gasteiger partial charge in [0.1, 0.15) is 5.03 Å². The number of piperidine rings is 1. The van der Waals surface area contributed by atoms with E-state index in [0.717, 1.165) is 41.7 Å². The molecule has 5 rings (SSSR count). The number of sulfonamides is 1. The fourth-order valence-electron chi connectivity index (χ4n) is 4.59. The third kappa shape index (κ3) is 4.54. The summed E-state index contributed by atoms with van der Waals surface area (Å²) in [7, 11) is -1.56. The van der Waals surface area contributed by atoms with Crippen molar-refractivity contribution >= 4 is 49.8 Å². The number of aromatic nitrogens is 2. The lowest BCUT2D eigenvalue weighted by Crippen LogP contribution is -2.50. The second kappa shape index (κ2) is 8.99. The van der Waals surface area contributed by atoms with Gasteiger partial charge in [-0.1, -0.05) is 11.6 Å². The van der Waals surface area contributed by atoms with Gasteiger partial charge >= 0.3 is 0 Å². The van der Waals surface area contributed by atoms with Crippen LogP contribution in [0.15, 0.2) is 35.5 Å². The molecule has 3 aromatic rings. The third-order valence-electron chi connectivity index (χ3n) is 6.44. The maximum atomic E-state index is 13.1. The SMILES string of the molecule is CN1CCCC(c2cnc(C(=O)N3CCN(S(=O)(=O)c4cc5cc(Cl)ccc5[nH]4)CC3)s2)C1. The Labute approximate surface area is 202 Å². The number of carbonyl (C=O) groups excluding carboxylic acids is 1. The van der Waals surface area contributed by atoms with Crippen molar-refractivity contribution in [2.75, 3.05) is 46.3 Å². The summed E-state index contributed by atoms with van der Waals surface area (Å²) in [6.07, 6.45) is 4.11. The number of nitrogens with zero attached hydrogens (tertiary/aromatic N) is 4. The lowest BCUT2D eigenvalue weighted by atomic mass is 9.97. The Morgan fingerprint density at radius 3 is 2.73 bits per heavy atom. The minimum absolute atomic E-state index is 0.118. The summed E-state index contributed by atoms with van der Waals surface area (Å²) in [4.78, 5) is 25.6. The number of thiazole rings is 1. The normalized spacial score (nSPS) is 21.0. The number of H-pyrrole nitrogens is 1. The quantitative estimate of drug-likeness (QED) is 0.585. The Hall–Kier alpha value is -1.98. The van der Waals surface area contributed by atoms with Gasteiger partial charge in [-0.05, 0) is 50.7 Å². The van der Waals surface area contributed by atoms with Crippen molar-refractivity contribution in [3.8, 4) is 0 Å². The van der Waals surface area contributed by atoms with E-state index in [1.54, 1.807) is 29.2 Å². The minimum Gasteiger partial charge on any atom is -0.345 e. The summed E-state index contributed by atoms with van der Waals surface area (Å²) < 4.78 is 27.7. The zero-order valence-corrected chi connectivity index (χ0v) is 20.7. The summed E-state index contributed by atoms with van der Waals surface area (Å²) in [6.45, 7) is 3.27. The monoisotopic (exact) mass is 507 g/mol. The standard InChI is InChI=1S/C22H26ClN5O3S2/c1-26-6-2-3-15(14-26)19-13-24-21(32-19)22(29)27-7-9-28(10-8-27)33(30,31)20-12-16-11-17(23)4-5-18(16)25-20/h4-5,11-13,15,25H,2-3,6-10,14H2,1H3. The topological polar surface area (TPSA) is 89.6 Å². The maximum Gasteiger partial charge on any atom is 0.282 e. The summed E-state index contributed by atoms with van der Waals surface area (Å²) in [5, 5.41) is 1.93. The number of hydrogen-bond donors (Lipinski definition) is 1. The molecule has 0 radical (unpaired) electrons. The van der Waals surface area contributed by atoms with Gasteiger partial charge in [0.2, 0.25) is 0 Å². The number of fused-ring (bicyclic) bond motifs is 1. The number of piperazine rings is 1. The molecule has 1 amide bonds. The largest absolute Gasteiger partial charge is 0.345 e. The number of amides is 1. The molecule has 0 bridgehead atoms. The molecule has 1 N–H and O–H groups in total. The van der Waals surface area contributed by atoms with E-state index in [1.165, 1.54) is 15.6 Å². The molecule has 176 valence electrons. The van der Waals surface area contributed by atoms with E-state index < -0.39 is 10.0 Å². The minimum atomic E-state index is -3.69. The zero-order valence-electron chi connectivity index (χ0n) is 18.3. The van der Waals surface area contributed by atoms with E-state index >= 15 is 0 Å². The van der Waals surface area contributed by atoms with Crippen molar-refractivity contribution in [1.29, 1.82) is 0 Å². The van der Waals surface area contributed by atoms with Gasteiger partial charge < -0.3 is 14.8 Å². The van der Waals surface area contributed by atoms with E-state index in [2.05, 4.69) is 21.9 Å². The predicted molar refractivity (Wildman–Crippen MR) is 130 cm³/mol. The first-order chi connectivity index (χ1) is 15.8. The van der Waals surface area contributed by atoms with E-state index in [1.807, 2.05) is 6.20 Å². The molecule has 2 saturated heterocycles. The molecular weight excluding hydrogens is 482 g/mol. The van der Waals surface area contributed by atoms with Crippen molar-refractivity contribution in [1.82, 2.24) is 24.1 Å². The van der Waals surface area contributed by atoms with Gasteiger partial charge in [0, 0.05) is 65.6 Å². The number of halogens is 1. The van der Waals surface area contributed by atoms with Gasteiger partial charge in [0.05, 0.1) is 0 Å². The van der Waals surface area contributed by atoms with Gasteiger partial charge in [0.15, 0.2) is 5.01 Å². The Balaban J connectivity index is 1.24. The van der Waals surface area contributed by atoms with Gasteiger partial charge in [-0.2, -0.15) is 4.31 Å². The van der Waals surface area contributed by atoms with Crippen LogP contribution in [0, 0.1) is 0 Å². The first kappa shape index (κ1) is 22.8. The molecular formula is C22H26ClN5O3S2. The Morgan fingerprint density at radius 1 is 1.18 bits per heavy atom. The lowest BCUT2D eigenvalue weighted by molar-refractivity contribution is 0.0697. The number of carbonyl (C=O) groups is 1. The van der Waals surface area contributed by atoms with Gasteiger partial charge in [-0.15, -0.1) is 11.3 Å².